The first kappa shape index (κ1) is 21.6. The Labute approximate surface area is 169 Å². The fourth-order valence-electron chi connectivity index (χ4n) is 2.04. The van der Waals surface area contributed by atoms with Gasteiger partial charge in [0.1, 0.15) is 18.2 Å². The summed E-state index contributed by atoms with van der Waals surface area (Å²) in [5.41, 5.74) is 1.08. The number of benzene rings is 1. The number of halogens is 2. The van der Waals surface area contributed by atoms with Crippen LogP contribution in [0.4, 0.5) is 4.39 Å². The second kappa shape index (κ2) is 12.0. The molecule has 0 bridgehead atoms. The highest BCUT2D eigenvalue weighted by atomic mass is 127. The summed E-state index contributed by atoms with van der Waals surface area (Å²) in [5, 5.41) is 9.53. The first-order valence-electron chi connectivity index (χ1n) is 7.99. The van der Waals surface area contributed by atoms with Crippen molar-refractivity contribution in [1.29, 1.82) is 0 Å². The van der Waals surface area contributed by atoms with Crippen LogP contribution in [0.25, 0.3) is 0 Å². The van der Waals surface area contributed by atoms with Gasteiger partial charge in [-0.15, -0.1) is 35.3 Å². The maximum absolute atomic E-state index is 13.1. The number of guanidine groups is 1. The van der Waals surface area contributed by atoms with Gasteiger partial charge in [-0.2, -0.15) is 0 Å². The van der Waals surface area contributed by atoms with Gasteiger partial charge in [-0.25, -0.2) is 9.37 Å². The molecule has 0 unspecified atom stereocenters. The van der Waals surface area contributed by atoms with E-state index in [1.165, 1.54) is 12.1 Å². The van der Waals surface area contributed by atoms with E-state index in [4.69, 9.17) is 4.74 Å². The molecule has 5 nitrogen and oxygen atoms in total. The maximum Gasteiger partial charge on any atom is 0.191 e. The number of thiazole rings is 1. The molecule has 0 saturated carbocycles. The zero-order valence-corrected chi connectivity index (χ0v) is 17.6. The lowest BCUT2D eigenvalue weighted by molar-refractivity contribution is 0.320. The zero-order chi connectivity index (χ0) is 17.2. The average Bonchev–Trinajstić information content (AvgIpc) is 2.97. The molecule has 0 saturated heterocycles. The molecule has 138 valence electrons. The fraction of sp³-hybridized carbons (Fsp3) is 0.412. The molecular formula is C17H24FIN4OS. The van der Waals surface area contributed by atoms with Crippen LogP contribution in [0.5, 0.6) is 5.75 Å². The van der Waals surface area contributed by atoms with Crippen molar-refractivity contribution in [2.24, 2.45) is 4.99 Å². The molecule has 0 fully saturated rings. The number of rotatable bonds is 8. The van der Waals surface area contributed by atoms with Crippen LogP contribution in [0, 0.1) is 12.7 Å². The van der Waals surface area contributed by atoms with E-state index < -0.39 is 0 Å². The summed E-state index contributed by atoms with van der Waals surface area (Å²) < 4.78 is 18.6. The van der Waals surface area contributed by atoms with E-state index >= 15 is 0 Å². The van der Waals surface area contributed by atoms with Gasteiger partial charge in [0.25, 0.3) is 0 Å². The molecule has 0 aliphatic rings. The lowest BCUT2D eigenvalue weighted by Gasteiger charge is -2.12. The highest BCUT2D eigenvalue weighted by Crippen LogP contribution is 2.11. The van der Waals surface area contributed by atoms with E-state index in [-0.39, 0.29) is 29.8 Å². The average molecular weight is 478 g/mol. The number of nitrogens with zero attached hydrogens (tertiary/aromatic N) is 2. The van der Waals surface area contributed by atoms with Crippen molar-refractivity contribution in [3.8, 4) is 5.75 Å². The van der Waals surface area contributed by atoms with Crippen molar-refractivity contribution in [3.63, 3.8) is 0 Å². The SMILES string of the molecule is CCNC(=NCCc1csc(C)n1)NCCOc1cccc(F)c1.I. The smallest absolute Gasteiger partial charge is 0.191 e. The number of aliphatic imine (C=N–C) groups is 1. The Morgan fingerprint density at radius 1 is 1.36 bits per heavy atom. The Hall–Kier alpha value is -1.42. The van der Waals surface area contributed by atoms with E-state index in [1.54, 1.807) is 23.5 Å². The molecule has 1 aromatic carbocycles. The summed E-state index contributed by atoms with van der Waals surface area (Å²) in [7, 11) is 0. The summed E-state index contributed by atoms with van der Waals surface area (Å²) in [6.07, 6.45) is 0.820. The highest BCUT2D eigenvalue weighted by Gasteiger charge is 2.00. The Morgan fingerprint density at radius 2 is 2.20 bits per heavy atom. The summed E-state index contributed by atoms with van der Waals surface area (Å²) in [6, 6.07) is 6.13. The molecule has 1 aromatic heterocycles. The van der Waals surface area contributed by atoms with Crippen LogP contribution in [0.15, 0.2) is 34.6 Å². The van der Waals surface area contributed by atoms with E-state index in [0.29, 0.717) is 25.4 Å². The topological polar surface area (TPSA) is 58.5 Å². The molecule has 0 aliphatic heterocycles. The number of nitrogens with one attached hydrogen (secondary N) is 2. The summed E-state index contributed by atoms with van der Waals surface area (Å²) in [6.45, 7) is 6.48. The third-order valence-corrected chi connectivity index (χ3v) is 3.93. The van der Waals surface area contributed by atoms with Crippen molar-refractivity contribution in [3.05, 3.63) is 46.2 Å². The number of aromatic nitrogens is 1. The van der Waals surface area contributed by atoms with Crippen molar-refractivity contribution < 1.29 is 9.13 Å². The number of aryl methyl sites for hydroxylation is 1. The minimum atomic E-state index is -0.298. The van der Waals surface area contributed by atoms with Crippen LogP contribution in [0.1, 0.15) is 17.6 Å². The van der Waals surface area contributed by atoms with Gasteiger partial charge in [-0.3, -0.25) is 4.99 Å². The number of hydrogen-bond acceptors (Lipinski definition) is 4. The van der Waals surface area contributed by atoms with Crippen LogP contribution in [-0.4, -0.2) is 37.2 Å². The van der Waals surface area contributed by atoms with Crippen molar-refractivity contribution in [2.75, 3.05) is 26.2 Å². The molecule has 0 atom stereocenters. The van der Waals surface area contributed by atoms with Crippen LogP contribution < -0.4 is 15.4 Å². The van der Waals surface area contributed by atoms with Crippen molar-refractivity contribution >= 4 is 41.3 Å². The quantitative estimate of drug-likeness (QED) is 0.265. The zero-order valence-electron chi connectivity index (χ0n) is 14.4. The van der Waals surface area contributed by atoms with Gasteiger partial charge in [-0.1, -0.05) is 6.07 Å². The molecule has 2 aromatic rings. The molecule has 0 spiro atoms. The van der Waals surface area contributed by atoms with Crippen molar-refractivity contribution in [1.82, 2.24) is 15.6 Å². The molecular weight excluding hydrogens is 454 g/mol. The lowest BCUT2D eigenvalue weighted by atomic mass is 10.3. The van der Waals surface area contributed by atoms with Crippen LogP contribution >= 0.6 is 35.3 Å². The van der Waals surface area contributed by atoms with E-state index in [9.17, 15) is 4.39 Å². The van der Waals surface area contributed by atoms with Crippen LogP contribution in [0.2, 0.25) is 0 Å². The van der Waals surface area contributed by atoms with Gasteiger partial charge in [0.15, 0.2) is 5.96 Å². The van der Waals surface area contributed by atoms with Gasteiger partial charge in [-0.05, 0) is 26.0 Å². The Kier molecular flexibility index (Phi) is 10.4. The largest absolute Gasteiger partial charge is 0.492 e. The molecule has 0 amide bonds. The molecule has 0 aliphatic carbocycles. The van der Waals surface area contributed by atoms with Gasteiger partial charge in [0.05, 0.1) is 17.2 Å². The minimum absolute atomic E-state index is 0. The maximum atomic E-state index is 13.1. The second-order valence-electron chi connectivity index (χ2n) is 5.10. The van der Waals surface area contributed by atoms with E-state index in [0.717, 1.165) is 29.6 Å². The van der Waals surface area contributed by atoms with Gasteiger partial charge < -0.3 is 15.4 Å². The molecule has 2 N–H and O–H groups in total. The van der Waals surface area contributed by atoms with E-state index in [2.05, 4.69) is 26.0 Å². The van der Waals surface area contributed by atoms with Gasteiger partial charge >= 0.3 is 0 Å². The molecule has 1 heterocycles. The predicted molar refractivity (Wildman–Crippen MR) is 112 cm³/mol. The predicted octanol–water partition coefficient (Wildman–Crippen LogP) is 3.39. The normalized spacial score (nSPS) is 10.9. The molecule has 25 heavy (non-hydrogen) atoms. The number of ether oxygens (including phenoxy) is 1. The summed E-state index contributed by atoms with van der Waals surface area (Å²) in [5.74, 6) is 0.970. The monoisotopic (exact) mass is 478 g/mol. The Morgan fingerprint density at radius 3 is 2.88 bits per heavy atom. The van der Waals surface area contributed by atoms with E-state index in [1.807, 2.05) is 13.8 Å². The highest BCUT2D eigenvalue weighted by molar-refractivity contribution is 14.0. The first-order valence-corrected chi connectivity index (χ1v) is 8.87. The van der Waals surface area contributed by atoms with Gasteiger partial charge in [0, 0.05) is 31.0 Å². The lowest BCUT2D eigenvalue weighted by Crippen LogP contribution is -2.39. The third-order valence-electron chi connectivity index (χ3n) is 3.11. The van der Waals surface area contributed by atoms with Crippen LogP contribution in [0.3, 0.4) is 0 Å². The minimum Gasteiger partial charge on any atom is -0.492 e. The fourth-order valence-corrected chi connectivity index (χ4v) is 2.69. The first-order chi connectivity index (χ1) is 11.7. The van der Waals surface area contributed by atoms with Crippen LogP contribution in [-0.2, 0) is 6.42 Å². The molecule has 0 radical (unpaired) electrons. The molecule has 8 heteroatoms. The van der Waals surface area contributed by atoms with Crippen molar-refractivity contribution in [2.45, 2.75) is 20.3 Å². The molecule has 2 rings (SSSR count). The standard InChI is InChI=1S/C17H23FN4OS.HI/c1-3-19-17(20-8-7-15-12-24-13(2)22-15)21-9-10-23-16-6-4-5-14(18)11-16;/h4-6,11-12H,3,7-10H2,1-2H3,(H2,19,20,21);1H. The Balaban J connectivity index is 0.00000312. The van der Waals surface area contributed by atoms with Gasteiger partial charge in [0.2, 0.25) is 0 Å². The number of hydrogen-bond donors (Lipinski definition) is 2. The third kappa shape index (κ3) is 8.48. The Bertz CT molecular complexity index is 666. The summed E-state index contributed by atoms with van der Waals surface area (Å²) in [4.78, 5) is 8.95. The summed E-state index contributed by atoms with van der Waals surface area (Å²) >= 11 is 1.66. The second-order valence-corrected chi connectivity index (χ2v) is 6.16.